The quantitative estimate of drug-likeness (QED) is 0.393. The summed E-state index contributed by atoms with van der Waals surface area (Å²) in [7, 11) is 0. The van der Waals surface area contributed by atoms with E-state index in [9.17, 15) is 22.8 Å². The smallest absolute Gasteiger partial charge is 0.335 e. The van der Waals surface area contributed by atoms with Gasteiger partial charge in [-0.3, -0.25) is 19.1 Å². The average molecular weight is 542 g/mol. The molecule has 1 aromatic carbocycles. The van der Waals surface area contributed by atoms with E-state index in [4.69, 9.17) is 0 Å². The van der Waals surface area contributed by atoms with Gasteiger partial charge in [-0.05, 0) is 24.3 Å². The minimum Gasteiger partial charge on any atom is -0.335 e. The molecule has 1 atom stereocenters. The molecule has 0 bridgehead atoms. The van der Waals surface area contributed by atoms with Gasteiger partial charge in [0.1, 0.15) is 5.69 Å². The zero-order chi connectivity index (χ0) is 26.4. The van der Waals surface area contributed by atoms with Crippen molar-refractivity contribution >= 4 is 39.7 Å². The standard InChI is InChI=1S/C25H22F3N7O2S/c26-25(27,28)17-11-29-24(30-12-17)34-4-3-16-9-18(1-2-21(16)34)35-13-19(10-22(35)36)32-5-7-33(8-6-32)23(37)20-14-38-15-31-20/h1-4,9,11-12,14-15,19H,5-8,10,13H2. The third-order valence-corrected chi connectivity index (χ3v) is 7.63. The monoisotopic (exact) mass is 541 g/mol. The molecular weight excluding hydrogens is 519 g/mol. The third kappa shape index (κ3) is 4.52. The number of carbonyl (C=O) groups excluding carboxylic acids is 2. The molecule has 9 nitrogen and oxygen atoms in total. The van der Waals surface area contributed by atoms with Crippen molar-refractivity contribution in [3.8, 4) is 5.95 Å². The molecule has 0 radical (unpaired) electrons. The second-order valence-electron chi connectivity index (χ2n) is 9.26. The molecule has 0 N–H and O–H groups in total. The fourth-order valence-electron chi connectivity index (χ4n) is 5.02. The van der Waals surface area contributed by atoms with Crippen LogP contribution >= 0.6 is 11.3 Å². The van der Waals surface area contributed by atoms with Gasteiger partial charge in [0, 0.05) is 80.2 Å². The van der Waals surface area contributed by atoms with Gasteiger partial charge in [-0.15, -0.1) is 11.3 Å². The van der Waals surface area contributed by atoms with Crippen LogP contribution in [-0.2, 0) is 11.0 Å². The molecule has 196 valence electrons. The molecule has 3 aromatic heterocycles. The van der Waals surface area contributed by atoms with Crippen molar-refractivity contribution in [2.75, 3.05) is 37.6 Å². The number of alkyl halides is 3. The summed E-state index contributed by atoms with van der Waals surface area (Å²) in [6.45, 7) is 3.11. The summed E-state index contributed by atoms with van der Waals surface area (Å²) in [5.74, 6) is 0.100. The van der Waals surface area contributed by atoms with Crippen LogP contribution in [0.25, 0.3) is 16.9 Å². The van der Waals surface area contributed by atoms with Crippen LogP contribution in [0.2, 0.25) is 0 Å². The molecule has 5 heterocycles. The van der Waals surface area contributed by atoms with E-state index in [1.54, 1.807) is 31.5 Å². The van der Waals surface area contributed by atoms with Gasteiger partial charge in [-0.25, -0.2) is 15.0 Å². The van der Waals surface area contributed by atoms with Crippen molar-refractivity contribution in [1.82, 2.24) is 29.3 Å². The van der Waals surface area contributed by atoms with E-state index in [2.05, 4.69) is 19.9 Å². The van der Waals surface area contributed by atoms with Crippen molar-refractivity contribution in [3.63, 3.8) is 0 Å². The lowest BCUT2D eigenvalue weighted by molar-refractivity contribution is -0.138. The summed E-state index contributed by atoms with van der Waals surface area (Å²) in [6.07, 6.45) is -0.879. The largest absolute Gasteiger partial charge is 0.419 e. The van der Waals surface area contributed by atoms with E-state index in [1.807, 2.05) is 24.3 Å². The molecule has 38 heavy (non-hydrogen) atoms. The highest BCUT2D eigenvalue weighted by Crippen LogP contribution is 2.31. The van der Waals surface area contributed by atoms with Crippen LogP contribution in [0.4, 0.5) is 18.9 Å². The van der Waals surface area contributed by atoms with Crippen LogP contribution in [0.5, 0.6) is 0 Å². The topological polar surface area (TPSA) is 87.5 Å². The summed E-state index contributed by atoms with van der Waals surface area (Å²) in [4.78, 5) is 43.2. The number of amides is 2. The molecule has 2 fully saturated rings. The van der Waals surface area contributed by atoms with Crippen LogP contribution in [0, 0.1) is 0 Å². The lowest BCUT2D eigenvalue weighted by Gasteiger charge is -2.37. The SMILES string of the molecule is O=C(c1cscn1)N1CCN(C2CC(=O)N(c3ccc4c(ccn4-c4ncc(C(F)(F)F)cn4)c3)C2)CC1. The Morgan fingerprint density at radius 2 is 1.79 bits per heavy atom. The number of hydrogen-bond acceptors (Lipinski definition) is 7. The van der Waals surface area contributed by atoms with E-state index in [0.29, 0.717) is 44.8 Å². The number of halogens is 3. The van der Waals surface area contributed by atoms with E-state index in [0.717, 1.165) is 29.0 Å². The van der Waals surface area contributed by atoms with E-state index in [1.165, 1.54) is 11.3 Å². The fraction of sp³-hybridized carbons (Fsp3) is 0.320. The maximum absolute atomic E-state index is 12.9. The highest BCUT2D eigenvalue weighted by molar-refractivity contribution is 7.07. The van der Waals surface area contributed by atoms with Gasteiger partial charge >= 0.3 is 6.18 Å². The number of thiazole rings is 1. The average Bonchev–Trinajstić information content (AvgIpc) is 3.68. The Kier molecular flexibility index (Phi) is 6.11. The van der Waals surface area contributed by atoms with Gasteiger partial charge in [0.2, 0.25) is 11.9 Å². The van der Waals surface area contributed by atoms with Crippen molar-refractivity contribution in [1.29, 1.82) is 0 Å². The molecule has 0 aliphatic carbocycles. The van der Waals surface area contributed by atoms with Crippen molar-refractivity contribution in [3.05, 3.63) is 65.0 Å². The first-order valence-electron chi connectivity index (χ1n) is 12.0. The van der Waals surface area contributed by atoms with Gasteiger partial charge in [0.05, 0.1) is 16.6 Å². The molecular formula is C25H22F3N7O2S. The van der Waals surface area contributed by atoms with E-state index in [-0.39, 0.29) is 23.8 Å². The molecule has 6 rings (SSSR count). The normalized spacial score (nSPS) is 19.0. The number of anilines is 1. The van der Waals surface area contributed by atoms with Crippen molar-refractivity contribution in [2.24, 2.45) is 0 Å². The van der Waals surface area contributed by atoms with Gasteiger partial charge < -0.3 is 9.80 Å². The molecule has 0 spiro atoms. The number of benzene rings is 1. The zero-order valence-electron chi connectivity index (χ0n) is 20.0. The van der Waals surface area contributed by atoms with Crippen LogP contribution in [0.3, 0.4) is 0 Å². The van der Waals surface area contributed by atoms with Crippen molar-refractivity contribution in [2.45, 2.75) is 18.6 Å². The molecule has 0 saturated carbocycles. The fourth-order valence-corrected chi connectivity index (χ4v) is 5.54. The summed E-state index contributed by atoms with van der Waals surface area (Å²) >= 11 is 1.40. The zero-order valence-corrected chi connectivity index (χ0v) is 20.8. The summed E-state index contributed by atoms with van der Waals surface area (Å²) < 4.78 is 40.2. The minimum atomic E-state index is -4.50. The van der Waals surface area contributed by atoms with E-state index < -0.39 is 11.7 Å². The third-order valence-electron chi connectivity index (χ3n) is 7.04. The highest BCUT2D eigenvalue weighted by atomic mass is 32.1. The second kappa shape index (κ2) is 9.48. The van der Waals surface area contributed by atoms with Gasteiger partial charge in [0.25, 0.3) is 5.91 Å². The van der Waals surface area contributed by atoms with Gasteiger partial charge in [-0.2, -0.15) is 13.2 Å². The minimum absolute atomic E-state index is 0.0286. The molecule has 13 heteroatoms. The van der Waals surface area contributed by atoms with Crippen LogP contribution in [0.1, 0.15) is 22.5 Å². The molecule has 2 aliphatic rings. The number of nitrogens with zero attached hydrogens (tertiary/aromatic N) is 7. The first-order chi connectivity index (χ1) is 18.3. The molecule has 4 aromatic rings. The Hall–Kier alpha value is -3.84. The van der Waals surface area contributed by atoms with Crippen molar-refractivity contribution < 1.29 is 22.8 Å². The molecule has 2 amide bonds. The van der Waals surface area contributed by atoms with Gasteiger partial charge in [0.15, 0.2) is 0 Å². The number of rotatable bonds is 4. The van der Waals surface area contributed by atoms with Crippen LogP contribution in [0.15, 0.2) is 53.7 Å². The lowest BCUT2D eigenvalue weighted by Crippen LogP contribution is -2.52. The number of aromatic nitrogens is 4. The molecule has 2 saturated heterocycles. The molecule has 2 aliphatic heterocycles. The van der Waals surface area contributed by atoms with Crippen LogP contribution in [-0.4, -0.2) is 79.9 Å². The summed E-state index contributed by atoms with van der Waals surface area (Å²) in [5.41, 5.74) is 2.69. The summed E-state index contributed by atoms with van der Waals surface area (Å²) in [6, 6.07) is 7.40. The number of piperazine rings is 1. The predicted molar refractivity (Wildman–Crippen MR) is 134 cm³/mol. The molecule has 1 unspecified atom stereocenters. The Balaban J connectivity index is 1.13. The Bertz CT molecular complexity index is 1480. The predicted octanol–water partition coefficient (Wildman–Crippen LogP) is 3.46. The number of fused-ring (bicyclic) bond motifs is 1. The number of carbonyl (C=O) groups is 2. The first-order valence-corrected chi connectivity index (χ1v) is 12.9. The highest BCUT2D eigenvalue weighted by Gasteiger charge is 2.36. The lowest BCUT2D eigenvalue weighted by atomic mass is 10.2. The van der Waals surface area contributed by atoms with Gasteiger partial charge in [-0.1, -0.05) is 0 Å². The second-order valence-corrected chi connectivity index (χ2v) is 9.98. The van der Waals surface area contributed by atoms with E-state index >= 15 is 0 Å². The first kappa shape index (κ1) is 24.5. The summed E-state index contributed by atoms with van der Waals surface area (Å²) in [5, 5.41) is 2.57. The Labute approximate surface area is 219 Å². The number of hydrogen-bond donors (Lipinski definition) is 0. The maximum Gasteiger partial charge on any atom is 0.419 e. The van der Waals surface area contributed by atoms with Crippen LogP contribution < -0.4 is 4.90 Å². The maximum atomic E-state index is 12.9. The Morgan fingerprint density at radius 1 is 1.03 bits per heavy atom. The Morgan fingerprint density at radius 3 is 2.47 bits per heavy atom.